The Morgan fingerprint density at radius 3 is 0.857 bits per heavy atom. The summed E-state index contributed by atoms with van der Waals surface area (Å²) in [4.78, 5) is 0. The lowest BCUT2D eigenvalue weighted by molar-refractivity contribution is -0.849. The largest absolute Gasteiger partial charge is 1.00 e. The summed E-state index contributed by atoms with van der Waals surface area (Å²) < 4.78 is 1.00. The molecule has 0 amide bonds. The Hall–Kier alpha value is 0.467. The van der Waals surface area contributed by atoms with Crippen molar-refractivity contribution in [1.82, 2.24) is 0 Å². The van der Waals surface area contributed by atoms with Crippen LogP contribution < -0.4 is 12.4 Å². The summed E-state index contributed by atoms with van der Waals surface area (Å²) in [6.45, 7) is 0. The lowest BCUT2D eigenvalue weighted by Crippen LogP contribution is -3.00. The highest BCUT2D eigenvalue weighted by atomic mass is 35.5. The van der Waals surface area contributed by atoms with E-state index in [0.29, 0.717) is 0 Å². The molecule has 0 spiro atoms. The first-order chi connectivity index (χ1) is 2.00. The normalized spacial score (nSPS) is 8.57. The average molecular weight is 138 g/mol. The van der Waals surface area contributed by atoms with Crippen LogP contribution in [0.5, 0.6) is 0 Å². The molecule has 0 aliphatic rings. The molecule has 0 aromatic carbocycles. The summed E-state index contributed by atoms with van der Waals surface area (Å²) in [5.74, 6) is 0. The van der Waals surface area contributed by atoms with Gasteiger partial charge in [-0.15, -0.1) is 0 Å². The van der Waals surface area contributed by atoms with E-state index in [9.17, 15) is 0 Å². The van der Waals surface area contributed by atoms with Crippen molar-refractivity contribution >= 4 is 11.0 Å². The topological polar surface area (TPSA) is 0 Å². The van der Waals surface area contributed by atoms with Gasteiger partial charge in [-0.2, -0.15) is 0 Å². The van der Waals surface area contributed by atoms with Crippen molar-refractivity contribution in [3.63, 3.8) is 0 Å². The predicted molar refractivity (Wildman–Crippen MR) is 29.7 cm³/mol. The second-order valence-corrected chi connectivity index (χ2v) is 2.68. The molecular formula is C4H12ClNSi. The summed E-state index contributed by atoms with van der Waals surface area (Å²) in [5, 5.41) is 0. The summed E-state index contributed by atoms with van der Waals surface area (Å²) in [6.07, 6.45) is 0. The molecule has 0 heterocycles. The molecule has 0 unspecified atom stereocenters. The van der Waals surface area contributed by atoms with Crippen molar-refractivity contribution in [2.24, 2.45) is 0 Å². The van der Waals surface area contributed by atoms with E-state index in [4.69, 9.17) is 0 Å². The van der Waals surface area contributed by atoms with Gasteiger partial charge in [-0.05, 0) is 0 Å². The Morgan fingerprint density at radius 1 is 0.857 bits per heavy atom. The Labute approximate surface area is 56.7 Å². The highest BCUT2D eigenvalue weighted by Gasteiger charge is 1.88. The first-order valence-electron chi connectivity index (χ1n) is 1.79. The van der Waals surface area contributed by atoms with E-state index in [1.807, 2.05) is 0 Å². The summed E-state index contributed by atoms with van der Waals surface area (Å²) in [5.41, 5.74) is 0. The van der Waals surface area contributed by atoms with Gasteiger partial charge >= 0.3 is 0 Å². The maximum absolute atomic E-state index is 2.12. The highest BCUT2D eigenvalue weighted by Crippen LogP contribution is 1.73. The monoisotopic (exact) mass is 137 g/mol. The lowest BCUT2D eigenvalue weighted by Gasteiger charge is -2.14. The summed E-state index contributed by atoms with van der Waals surface area (Å²) in [7, 11) is 8.50. The first kappa shape index (κ1) is 15.7. The van der Waals surface area contributed by atoms with Gasteiger partial charge in [-0.1, -0.05) is 0 Å². The second kappa shape index (κ2) is 4.62. The maximum atomic E-state index is 2.12. The molecule has 0 saturated carbocycles. The van der Waals surface area contributed by atoms with Gasteiger partial charge in [0.2, 0.25) is 0 Å². The van der Waals surface area contributed by atoms with Crippen molar-refractivity contribution in [3.05, 3.63) is 0 Å². The Morgan fingerprint density at radius 2 is 0.857 bits per heavy atom. The number of quaternary nitrogens is 1. The van der Waals surface area contributed by atoms with Gasteiger partial charge < -0.3 is 16.9 Å². The molecule has 0 atom stereocenters. The predicted octanol–water partition coefficient (Wildman–Crippen LogP) is -3.05. The van der Waals surface area contributed by atoms with Crippen LogP contribution in [0.2, 0.25) is 0 Å². The molecule has 7 heavy (non-hydrogen) atoms. The van der Waals surface area contributed by atoms with Crippen LogP contribution in [-0.4, -0.2) is 43.6 Å². The fourth-order valence-electron chi connectivity index (χ4n) is 0. The number of nitrogens with zero attached hydrogens (tertiary/aromatic N) is 1. The van der Waals surface area contributed by atoms with Gasteiger partial charge in [-0.3, -0.25) is 0 Å². The highest BCUT2D eigenvalue weighted by molar-refractivity contribution is 5.75. The molecule has 3 heteroatoms. The molecule has 0 aromatic rings. The lowest BCUT2D eigenvalue weighted by atomic mass is 10.8. The van der Waals surface area contributed by atoms with Gasteiger partial charge in [-0.25, -0.2) is 0 Å². The van der Waals surface area contributed by atoms with Crippen LogP contribution >= 0.6 is 0 Å². The molecule has 44 valence electrons. The van der Waals surface area contributed by atoms with E-state index >= 15 is 0 Å². The smallest absolute Gasteiger partial charge is 0.0675 e. The standard InChI is InChI=1S/C4H12N.ClH.Si/c1-5(2,3)4;;/h1-4H3;1H;/q+1;;/p-1. The molecule has 1 nitrogen and oxygen atoms in total. The summed E-state index contributed by atoms with van der Waals surface area (Å²) >= 11 is 0. The van der Waals surface area contributed by atoms with Crippen LogP contribution in [0.3, 0.4) is 0 Å². The van der Waals surface area contributed by atoms with Gasteiger partial charge in [0, 0.05) is 11.0 Å². The van der Waals surface area contributed by atoms with Crippen molar-refractivity contribution < 1.29 is 16.9 Å². The maximum Gasteiger partial charge on any atom is 0.0675 e. The van der Waals surface area contributed by atoms with E-state index in [1.165, 1.54) is 0 Å². The minimum absolute atomic E-state index is 0. The fraction of sp³-hybridized carbons (Fsp3) is 1.00. The molecule has 0 N–H and O–H groups in total. The van der Waals surface area contributed by atoms with Crippen LogP contribution in [0.4, 0.5) is 0 Å². The van der Waals surface area contributed by atoms with E-state index < -0.39 is 0 Å². The number of hydrogen-bond donors (Lipinski definition) is 0. The van der Waals surface area contributed by atoms with Crippen LogP contribution in [0, 0.1) is 0 Å². The van der Waals surface area contributed by atoms with Crippen molar-refractivity contribution in [2.75, 3.05) is 28.2 Å². The molecular weight excluding hydrogens is 126 g/mol. The quantitative estimate of drug-likeness (QED) is 0.246. The van der Waals surface area contributed by atoms with E-state index in [0.717, 1.165) is 4.48 Å². The van der Waals surface area contributed by atoms with E-state index in [2.05, 4.69) is 28.2 Å². The van der Waals surface area contributed by atoms with Crippen LogP contribution in [0.1, 0.15) is 0 Å². The first-order valence-corrected chi connectivity index (χ1v) is 1.79. The van der Waals surface area contributed by atoms with Crippen LogP contribution in [0.25, 0.3) is 0 Å². The SMILES string of the molecule is C[N+](C)(C)C.[Cl-].[Si]. The minimum atomic E-state index is 0. The van der Waals surface area contributed by atoms with Gasteiger partial charge in [0.25, 0.3) is 0 Å². The number of hydrogen-bond acceptors (Lipinski definition) is 0. The minimum Gasteiger partial charge on any atom is -1.00 e. The zero-order chi connectivity index (χ0) is 4.50. The summed E-state index contributed by atoms with van der Waals surface area (Å²) in [6, 6.07) is 0. The molecule has 0 saturated heterocycles. The molecule has 0 rings (SSSR count). The molecule has 0 fully saturated rings. The molecule has 0 aromatic heterocycles. The van der Waals surface area contributed by atoms with Gasteiger partial charge in [0.05, 0.1) is 28.2 Å². The van der Waals surface area contributed by atoms with Crippen molar-refractivity contribution in [3.8, 4) is 0 Å². The van der Waals surface area contributed by atoms with Crippen molar-refractivity contribution in [2.45, 2.75) is 0 Å². The molecule has 0 aliphatic carbocycles. The third kappa shape index (κ3) is 592. The Bertz CT molecular complexity index is 27.2. The molecule has 4 radical (unpaired) electrons. The third-order valence-corrected chi connectivity index (χ3v) is 0. The Balaban J connectivity index is -0.0000000800. The zero-order valence-electron chi connectivity index (χ0n) is 5.33. The van der Waals surface area contributed by atoms with Gasteiger partial charge in [0.1, 0.15) is 0 Å². The van der Waals surface area contributed by atoms with Gasteiger partial charge in [0.15, 0.2) is 0 Å². The van der Waals surface area contributed by atoms with Crippen LogP contribution in [0.15, 0.2) is 0 Å². The second-order valence-electron chi connectivity index (χ2n) is 2.68. The average Bonchev–Trinajstić information content (AvgIpc) is 0.722. The van der Waals surface area contributed by atoms with E-state index in [1.54, 1.807) is 0 Å². The zero-order valence-corrected chi connectivity index (χ0v) is 7.08. The van der Waals surface area contributed by atoms with Crippen molar-refractivity contribution in [1.29, 1.82) is 0 Å². The van der Waals surface area contributed by atoms with E-state index in [-0.39, 0.29) is 23.4 Å². The van der Waals surface area contributed by atoms with Crippen LogP contribution in [-0.2, 0) is 0 Å². The third-order valence-electron chi connectivity index (χ3n) is 0. The molecule has 0 bridgehead atoms. The number of halogens is 1. The number of rotatable bonds is 0. The molecule has 0 aliphatic heterocycles. The fourth-order valence-corrected chi connectivity index (χ4v) is 0. The Kier molecular flexibility index (Phi) is 10.3.